The summed E-state index contributed by atoms with van der Waals surface area (Å²) in [5, 5.41) is 17.3. The number of carboxylic acids is 1. The topological polar surface area (TPSA) is 151 Å². The molecule has 0 aromatic heterocycles. The molecule has 0 radical (unpaired) electrons. The molecular weight excluding hydrogens is 400 g/mol. The van der Waals surface area contributed by atoms with Crippen LogP contribution in [0.2, 0.25) is 0 Å². The van der Waals surface area contributed by atoms with E-state index in [0.29, 0.717) is 12.8 Å². The highest BCUT2D eigenvalue weighted by Gasteiger charge is 2.32. The Kier molecular flexibility index (Phi) is 12.4. The SMILES string of the molecule is CC(C)CC(N)C(=O)NC(C(=O)NC(CC(C)C)C(=O)NC(C(=O)O)C(C)C)C(C)C. The number of carbonyl (C=O) groups is 4. The first-order valence-electron chi connectivity index (χ1n) is 11.1. The Bertz CT molecular complexity index is 619. The molecule has 4 atom stereocenters. The van der Waals surface area contributed by atoms with Crippen LogP contribution >= 0.6 is 0 Å². The monoisotopic (exact) mass is 442 g/mol. The summed E-state index contributed by atoms with van der Waals surface area (Å²) >= 11 is 0. The van der Waals surface area contributed by atoms with Crippen LogP contribution in [0.3, 0.4) is 0 Å². The molecule has 0 saturated carbocycles. The van der Waals surface area contributed by atoms with Crippen molar-refractivity contribution in [3.8, 4) is 0 Å². The number of carboxylic acid groups (broad SMARTS) is 1. The molecule has 0 aromatic rings. The van der Waals surface area contributed by atoms with Crippen molar-refractivity contribution in [3.63, 3.8) is 0 Å². The number of nitrogens with two attached hydrogens (primary N) is 1. The Hall–Kier alpha value is -2.16. The van der Waals surface area contributed by atoms with Gasteiger partial charge in [-0.15, -0.1) is 0 Å². The molecular formula is C22H42N4O5. The fraction of sp³-hybridized carbons (Fsp3) is 0.818. The standard InChI is InChI=1S/C22H42N4O5/c1-11(2)9-15(23)19(27)25-17(13(5)6)21(29)24-16(10-12(3)4)20(28)26-18(14(7)8)22(30)31/h11-18H,9-10,23H2,1-8H3,(H,24,29)(H,25,27)(H,26,28)(H,30,31). The van der Waals surface area contributed by atoms with Crippen LogP contribution in [0.1, 0.15) is 68.2 Å². The molecule has 0 aliphatic rings. The van der Waals surface area contributed by atoms with Crippen molar-refractivity contribution < 1.29 is 24.3 Å². The summed E-state index contributed by atoms with van der Waals surface area (Å²) in [6.45, 7) is 14.7. The normalized spacial score (nSPS) is 15.5. The zero-order chi connectivity index (χ0) is 24.5. The molecule has 0 fully saturated rings. The Morgan fingerprint density at radius 2 is 1.13 bits per heavy atom. The number of rotatable bonds is 13. The predicted molar refractivity (Wildman–Crippen MR) is 120 cm³/mol. The maximum absolute atomic E-state index is 13.0. The number of nitrogens with one attached hydrogen (secondary N) is 3. The second-order valence-electron chi connectivity index (χ2n) is 9.73. The van der Waals surface area contributed by atoms with Gasteiger partial charge in [0.2, 0.25) is 17.7 Å². The Morgan fingerprint density at radius 3 is 1.52 bits per heavy atom. The van der Waals surface area contributed by atoms with Gasteiger partial charge in [0.25, 0.3) is 0 Å². The number of carbonyl (C=O) groups excluding carboxylic acids is 3. The molecule has 0 rings (SSSR count). The van der Waals surface area contributed by atoms with E-state index in [4.69, 9.17) is 5.73 Å². The summed E-state index contributed by atoms with van der Waals surface area (Å²) in [6, 6.07) is -3.58. The average molecular weight is 443 g/mol. The molecule has 0 aliphatic carbocycles. The molecule has 9 heteroatoms. The highest BCUT2D eigenvalue weighted by molar-refractivity contribution is 5.94. The van der Waals surface area contributed by atoms with Crippen molar-refractivity contribution in [2.75, 3.05) is 0 Å². The van der Waals surface area contributed by atoms with Crippen molar-refractivity contribution in [2.45, 2.75) is 92.4 Å². The fourth-order valence-electron chi connectivity index (χ4n) is 3.14. The van der Waals surface area contributed by atoms with E-state index < -0.39 is 47.9 Å². The number of amides is 3. The summed E-state index contributed by atoms with van der Waals surface area (Å²) in [6.07, 6.45) is 0.816. The second-order valence-corrected chi connectivity index (χ2v) is 9.73. The van der Waals surface area contributed by atoms with Crippen LogP contribution in [0.15, 0.2) is 0 Å². The van der Waals surface area contributed by atoms with Crippen molar-refractivity contribution in [3.05, 3.63) is 0 Å². The van der Waals surface area contributed by atoms with Gasteiger partial charge in [0, 0.05) is 0 Å². The Morgan fingerprint density at radius 1 is 0.677 bits per heavy atom. The van der Waals surface area contributed by atoms with Crippen LogP contribution in [0.25, 0.3) is 0 Å². The highest BCUT2D eigenvalue weighted by Crippen LogP contribution is 2.11. The fourth-order valence-corrected chi connectivity index (χ4v) is 3.14. The van der Waals surface area contributed by atoms with Crippen molar-refractivity contribution >= 4 is 23.7 Å². The minimum atomic E-state index is -1.13. The van der Waals surface area contributed by atoms with Gasteiger partial charge in [-0.3, -0.25) is 14.4 Å². The third kappa shape index (κ3) is 10.6. The van der Waals surface area contributed by atoms with E-state index in [1.807, 2.05) is 27.7 Å². The summed E-state index contributed by atoms with van der Waals surface area (Å²) in [7, 11) is 0. The molecule has 0 spiro atoms. The predicted octanol–water partition coefficient (Wildman–Crippen LogP) is 1.26. The van der Waals surface area contributed by atoms with E-state index in [0.717, 1.165) is 0 Å². The third-order valence-electron chi connectivity index (χ3n) is 4.88. The summed E-state index contributed by atoms with van der Waals surface area (Å²) in [5.41, 5.74) is 5.93. The van der Waals surface area contributed by atoms with Crippen molar-refractivity contribution in [1.82, 2.24) is 16.0 Å². The van der Waals surface area contributed by atoms with E-state index in [2.05, 4.69) is 16.0 Å². The lowest BCUT2D eigenvalue weighted by Gasteiger charge is -2.28. The smallest absolute Gasteiger partial charge is 0.326 e. The average Bonchev–Trinajstić information content (AvgIpc) is 2.60. The number of hydrogen-bond donors (Lipinski definition) is 5. The van der Waals surface area contributed by atoms with Crippen LogP contribution in [0, 0.1) is 23.7 Å². The highest BCUT2D eigenvalue weighted by atomic mass is 16.4. The second kappa shape index (κ2) is 13.3. The van der Waals surface area contributed by atoms with E-state index in [1.165, 1.54) is 0 Å². The van der Waals surface area contributed by atoms with Gasteiger partial charge >= 0.3 is 5.97 Å². The lowest BCUT2D eigenvalue weighted by molar-refractivity contribution is -0.143. The molecule has 31 heavy (non-hydrogen) atoms. The van der Waals surface area contributed by atoms with E-state index in [9.17, 15) is 24.3 Å². The first-order chi connectivity index (χ1) is 14.2. The molecule has 0 aromatic carbocycles. The van der Waals surface area contributed by atoms with E-state index >= 15 is 0 Å². The Balaban J connectivity index is 5.42. The lowest BCUT2D eigenvalue weighted by Crippen LogP contribution is -2.59. The molecule has 9 nitrogen and oxygen atoms in total. The summed E-state index contributed by atoms with van der Waals surface area (Å²) in [4.78, 5) is 49.6. The minimum absolute atomic E-state index is 0.0740. The van der Waals surface area contributed by atoms with Crippen LogP contribution in [-0.2, 0) is 19.2 Å². The summed E-state index contributed by atoms with van der Waals surface area (Å²) < 4.78 is 0. The molecule has 0 saturated heterocycles. The third-order valence-corrected chi connectivity index (χ3v) is 4.88. The van der Waals surface area contributed by atoms with E-state index in [-0.39, 0.29) is 23.7 Å². The zero-order valence-corrected chi connectivity index (χ0v) is 20.2. The largest absolute Gasteiger partial charge is 0.480 e. The molecule has 4 unspecified atom stereocenters. The molecule has 0 bridgehead atoms. The van der Waals surface area contributed by atoms with Gasteiger partial charge in [0.15, 0.2) is 0 Å². The maximum Gasteiger partial charge on any atom is 0.326 e. The molecule has 180 valence electrons. The van der Waals surface area contributed by atoms with Crippen LogP contribution < -0.4 is 21.7 Å². The minimum Gasteiger partial charge on any atom is -0.480 e. The molecule has 3 amide bonds. The molecule has 0 aliphatic heterocycles. The quantitative estimate of drug-likeness (QED) is 0.290. The first-order valence-corrected chi connectivity index (χ1v) is 11.1. The van der Waals surface area contributed by atoms with Crippen molar-refractivity contribution in [2.24, 2.45) is 29.4 Å². The Labute approximate surface area is 186 Å². The van der Waals surface area contributed by atoms with Gasteiger partial charge in [-0.1, -0.05) is 55.4 Å². The molecule has 6 N–H and O–H groups in total. The number of aliphatic carboxylic acids is 1. The zero-order valence-electron chi connectivity index (χ0n) is 20.2. The van der Waals surface area contributed by atoms with Crippen molar-refractivity contribution in [1.29, 1.82) is 0 Å². The van der Waals surface area contributed by atoms with Crippen LogP contribution in [-0.4, -0.2) is 53.0 Å². The van der Waals surface area contributed by atoms with Gasteiger partial charge < -0.3 is 26.8 Å². The van der Waals surface area contributed by atoms with Crippen LogP contribution in [0.4, 0.5) is 0 Å². The van der Waals surface area contributed by atoms with E-state index in [1.54, 1.807) is 27.7 Å². The molecule has 0 heterocycles. The maximum atomic E-state index is 13.0. The first kappa shape index (κ1) is 28.8. The van der Waals surface area contributed by atoms with Gasteiger partial charge in [-0.2, -0.15) is 0 Å². The van der Waals surface area contributed by atoms with Gasteiger partial charge in [-0.25, -0.2) is 4.79 Å². The lowest BCUT2D eigenvalue weighted by atomic mass is 9.98. The summed E-state index contributed by atoms with van der Waals surface area (Å²) in [5.74, 6) is -2.87. The van der Waals surface area contributed by atoms with Gasteiger partial charge in [0.1, 0.15) is 18.1 Å². The van der Waals surface area contributed by atoms with Gasteiger partial charge in [0.05, 0.1) is 6.04 Å². The van der Waals surface area contributed by atoms with Crippen LogP contribution in [0.5, 0.6) is 0 Å². The van der Waals surface area contributed by atoms with Gasteiger partial charge in [-0.05, 0) is 36.5 Å². The number of hydrogen-bond acceptors (Lipinski definition) is 5.